The molecule has 0 unspecified atom stereocenters. The number of hydrogen-bond donors (Lipinski definition) is 1. The molecule has 0 heterocycles. The van der Waals surface area contributed by atoms with Crippen molar-refractivity contribution in [1.82, 2.24) is 0 Å². The molecule has 0 radical (unpaired) electrons. The number of benzene rings is 1. The van der Waals surface area contributed by atoms with Crippen LogP contribution >= 0.6 is 0 Å². The SMILES string of the molecule is N#Cc1cc([C@@H](N)C2CC2)ccc1F. The number of halogens is 1. The van der Waals surface area contributed by atoms with Crippen LogP contribution in [0.2, 0.25) is 0 Å². The molecule has 2 nitrogen and oxygen atoms in total. The van der Waals surface area contributed by atoms with E-state index in [4.69, 9.17) is 11.0 Å². The normalized spacial score (nSPS) is 17.5. The second kappa shape index (κ2) is 3.39. The summed E-state index contributed by atoms with van der Waals surface area (Å²) in [4.78, 5) is 0. The van der Waals surface area contributed by atoms with Gasteiger partial charge in [-0.3, -0.25) is 0 Å². The largest absolute Gasteiger partial charge is 0.324 e. The van der Waals surface area contributed by atoms with Crippen LogP contribution in [0.5, 0.6) is 0 Å². The Morgan fingerprint density at radius 3 is 2.79 bits per heavy atom. The molecule has 1 aromatic carbocycles. The molecule has 0 aromatic heterocycles. The Labute approximate surface area is 82.1 Å². The van der Waals surface area contributed by atoms with Gasteiger partial charge in [0.05, 0.1) is 5.56 Å². The molecule has 0 spiro atoms. The van der Waals surface area contributed by atoms with Crippen molar-refractivity contribution in [2.24, 2.45) is 11.7 Å². The molecule has 3 heteroatoms. The quantitative estimate of drug-likeness (QED) is 0.776. The van der Waals surface area contributed by atoms with Gasteiger partial charge in [-0.1, -0.05) is 6.07 Å². The summed E-state index contributed by atoms with van der Waals surface area (Å²) in [5.74, 6) is 0.0475. The van der Waals surface area contributed by atoms with Gasteiger partial charge in [0.2, 0.25) is 0 Å². The van der Waals surface area contributed by atoms with Crippen molar-refractivity contribution < 1.29 is 4.39 Å². The van der Waals surface area contributed by atoms with Crippen LogP contribution in [-0.2, 0) is 0 Å². The summed E-state index contributed by atoms with van der Waals surface area (Å²) in [6.07, 6.45) is 2.28. The van der Waals surface area contributed by atoms with Crippen LogP contribution in [0.15, 0.2) is 18.2 Å². The Morgan fingerprint density at radius 2 is 2.21 bits per heavy atom. The first-order valence-corrected chi connectivity index (χ1v) is 4.67. The van der Waals surface area contributed by atoms with Crippen molar-refractivity contribution >= 4 is 0 Å². The number of nitrogens with zero attached hydrogens (tertiary/aromatic N) is 1. The molecule has 0 aliphatic heterocycles. The Morgan fingerprint density at radius 1 is 1.50 bits per heavy atom. The van der Waals surface area contributed by atoms with Crippen molar-refractivity contribution in [3.63, 3.8) is 0 Å². The van der Waals surface area contributed by atoms with Crippen LogP contribution in [0, 0.1) is 23.1 Å². The number of nitrogens with two attached hydrogens (primary N) is 1. The lowest BCUT2D eigenvalue weighted by molar-refractivity contribution is 0.610. The van der Waals surface area contributed by atoms with Gasteiger partial charge < -0.3 is 5.73 Å². The standard InChI is InChI=1S/C11H11FN2/c12-10-4-3-8(5-9(10)6-13)11(14)7-1-2-7/h3-5,7,11H,1-2,14H2/t11-/m0/s1. The Balaban J connectivity index is 2.30. The maximum absolute atomic E-state index is 13.0. The van der Waals surface area contributed by atoms with Crippen LogP contribution < -0.4 is 5.73 Å². The highest BCUT2D eigenvalue weighted by atomic mass is 19.1. The molecular weight excluding hydrogens is 179 g/mol. The zero-order valence-corrected chi connectivity index (χ0v) is 7.70. The smallest absolute Gasteiger partial charge is 0.140 e. The van der Waals surface area contributed by atoms with Gasteiger partial charge in [-0.2, -0.15) is 5.26 Å². The molecule has 1 aliphatic rings. The van der Waals surface area contributed by atoms with Crippen LogP contribution in [0.3, 0.4) is 0 Å². The molecule has 14 heavy (non-hydrogen) atoms. The van der Waals surface area contributed by atoms with E-state index in [-0.39, 0.29) is 11.6 Å². The molecule has 1 aromatic rings. The molecule has 1 saturated carbocycles. The predicted octanol–water partition coefficient (Wildman–Crippen LogP) is 2.11. The lowest BCUT2D eigenvalue weighted by Crippen LogP contribution is -2.12. The number of hydrogen-bond acceptors (Lipinski definition) is 2. The summed E-state index contributed by atoms with van der Waals surface area (Å²) in [6.45, 7) is 0. The van der Waals surface area contributed by atoms with Gasteiger partial charge in [-0.25, -0.2) is 4.39 Å². The van der Waals surface area contributed by atoms with Gasteiger partial charge >= 0.3 is 0 Å². The summed E-state index contributed by atoms with van der Waals surface area (Å²) >= 11 is 0. The third-order valence-corrected chi connectivity index (χ3v) is 2.63. The van der Waals surface area contributed by atoms with Gasteiger partial charge in [0.1, 0.15) is 11.9 Å². The molecule has 0 saturated heterocycles. The highest BCUT2D eigenvalue weighted by molar-refractivity contribution is 5.36. The van der Waals surface area contributed by atoms with Crippen molar-refractivity contribution in [1.29, 1.82) is 5.26 Å². The van der Waals surface area contributed by atoms with E-state index in [1.807, 2.05) is 6.07 Å². The fourth-order valence-electron chi connectivity index (χ4n) is 1.56. The molecule has 72 valence electrons. The summed E-state index contributed by atoms with van der Waals surface area (Å²) in [5, 5.41) is 8.65. The highest BCUT2D eigenvalue weighted by Gasteiger charge is 2.29. The molecule has 1 fully saturated rings. The van der Waals surface area contributed by atoms with E-state index < -0.39 is 5.82 Å². The van der Waals surface area contributed by atoms with Crippen LogP contribution in [0.4, 0.5) is 4.39 Å². The second-order valence-electron chi connectivity index (χ2n) is 3.71. The minimum absolute atomic E-state index is 0.0392. The topological polar surface area (TPSA) is 49.8 Å². The van der Waals surface area contributed by atoms with E-state index in [1.165, 1.54) is 6.07 Å². The Hall–Kier alpha value is -1.40. The molecule has 1 aliphatic carbocycles. The average molecular weight is 190 g/mol. The maximum Gasteiger partial charge on any atom is 0.140 e. The van der Waals surface area contributed by atoms with Gasteiger partial charge in [0.25, 0.3) is 0 Å². The maximum atomic E-state index is 13.0. The third-order valence-electron chi connectivity index (χ3n) is 2.63. The fraction of sp³-hybridized carbons (Fsp3) is 0.364. The zero-order chi connectivity index (χ0) is 10.1. The van der Waals surface area contributed by atoms with E-state index in [0.717, 1.165) is 18.4 Å². The van der Waals surface area contributed by atoms with Crippen LogP contribution in [-0.4, -0.2) is 0 Å². The van der Waals surface area contributed by atoms with Crippen molar-refractivity contribution in [3.05, 3.63) is 35.1 Å². The first-order chi connectivity index (χ1) is 6.72. The first-order valence-electron chi connectivity index (χ1n) is 4.67. The Kier molecular flexibility index (Phi) is 2.22. The Bertz CT molecular complexity index is 391. The lowest BCUT2D eigenvalue weighted by atomic mass is 10.0. The molecule has 2 rings (SSSR count). The fourth-order valence-corrected chi connectivity index (χ4v) is 1.56. The highest BCUT2D eigenvalue weighted by Crippen LogP contribution is 2.39. The second-order valence-corrected chi connectivity index (χ2v) is 3.71. The molecular formula is C11H11FN2. The first kappa shape index (κ1) is 9.17. The number of nitriles is 1. The summed E-state index contributed by atoms with van der Waals surface area (Å²) in [7, 11) is 0. The monoisotopic (exact) mass is 190 g/mol. The van der Waals surface area contributed by atoms with Gasteiger partial charge in [-0.05, 0) is 36.5 Å². The minimum atomic E-state index is -0.473. The minimum Gasteiger partial charge on any atom is -0.324 e. The zero-order valence-electron chi connectivity index (χ0n) is 7.70. The molecule has 0 amide bonds. The molecule has 0 bridgehead atoms. The summed E-state index contributed by atoms with van der Waals surface area (Å²) in [6, 6.07) is 6.32. The van der Waals surface area contributed by atoms with Gasteiger partial charge in [-0.15, -0.1) is 0 Å². The number of rotatable bonds is 2. The molecule has 2 N–H and O–H groups in total. The van der Waals surface area contributed by atoms with Gasteiger partial charge in [0.15, 0.2) is 0 Å². The van der Waals surface area contributed by atoms with E-state index in [1.54, 1.807) is 12.1 Å². The third kappa shape index (κ3) is 1.61. The van der Waals surface area contributed by atoms with E-state index >= 15 is 0 Å². The summed E-state index contributed by atoms with van der Waals surface area (Å²) < 4.78 is 13.0. The van der Waals surface area contributed by atoms with E-state index in [2.05, 4.69) is 0 Å². The van der Waals surface area contributed by atoms with Crippen molar-refractivity contribution in [2.75, 3.05) is 0 Å². The van der Waals surface area contributed by atoms with Crippen LogP contribution in [0.25, 0.3) is 0 Å². The van der Waals surface area contributed by atoms with Crippen molar-refractivity contribution in [3.8, 4) is 6.07 Å². The van der Waals surface area contributed by atoms with Gasteiger partial charge in [0, 0.05) is 6.04 Å². The summed E-state index contributed by atoms with van der Waals surface area (Å²) in [5.41, 5.74) is 6.89. The molecule has 1 atom stereocenters. The average Bonchev–Trinajstić information content (AvgIpc) is 3.01. The van der Waals surface area contributed by atoms with E-state index in [0.29, 0.717) is 5.92 Å². The van der Waals surface area contributed by atoms with Crippen LogP contribution in [0.1, 0.15) is 30.0 Å². The predicted molar refractivity (Wildman–Crippen MR) is 50.8 cm³/mol. The van der Waals surface area contributed by atoms with E-state index in [9.17, 15) is 4.39 Å². The van der Waals surface area contributed by atoms with Crippen molar-refractivity contribution in [2.45, 2.75) is 18.9 Å². The lowest BCUT2D eigenvalue weighted by Gasteiger charge is -2.10.